The normalized spacial score (nSPS) is 12.2. The van der Waals surface area contributed by atoms with Crippen molar-refractivity contribution < 1.29 is 27.9 Å². The van der Waals surface area contributed by atoms with Gasteiger partial charge in [-0.3, -0.25) is 0 Å². The van der Waals surface area contributed by atoms with Crippen molar-refractivity contribution in [2.45, 2.75) is 25.6 Å². The Morgan fingerprint density at radius 3 is 1.88 bits per heavy atom. The summed E-state index contributed by atoms with van der Waals surface area (Å²) in [4.78, 5) is 23.6. The molecule has 0 spiro atoms. The van der Waals surface area contributed by atoms with Crippen LogP contribution in [0.5, 0.6) is 0 Å². The molecule has 0 aromatic rings. The molecule has 8 heteroatoms. The second-order valence-corrected chi connectivity index (χ2v) is 4.18. The lowest BCUT2D eigenvalue weighted by molar-refractivity contribution is -0.148. The van der Waals surface area contributed by atoms with Gasteiger partial charge in [0.2, 0.25) is 0 Å². The molecule has 0 aliphatic heterocycles. The first-order chi connectivity index (χ1) is 7.39. The van der Waals surface area contributed by atoms with Gasteiger partial charge in [0, 0.05) is 14.1 Å². The van der Waals surface area contributed by atoms with E-state index in [4.69, 9.17) is 5.11 Å². The molecule has 0 atom stereocenters. The maximum Gasteiger partial charge on any atom is 0.406 e. The molecule has 0 aliphatic carbocycles. The summed E-state index contributed by atoms with van der Waals surface area (Å²) in [6.07, 6.45) is -4.52. The van der Waals surface area contributed by atoms with Gasteiger partial charge >= 0.3 is 18.2 Å². The summed E-state index contributed by atoms with van der Waals surface area (Å²) < 4.78 is 36.2. The Balaban J connectivity index is 4.78. The first-order valence-electron chi connectivity index (χ1n) is 4.68. The number of amides is 2. The summed E-state index contributed by atoms with van der Waals surface area (Å²) in [5.41, 5.74) is -1.57. The molecule has 0 heterocycles. The van der Waals surface area contributed by atoms with Gasteiger partial charge in [0.1, 0.15) is 12.1 Å². The number of alkyl halides is 3. The van der Waals surface area contributed by atoms with Gasteiger partial charge in [-0.25, -0.2) is 9.59 Å². The third-order valence-corrected chi connectivity index (χ3v) is 2.39. The van der Waals surface area contributed by atoms with Gasteiger partial charge in [-0.1, -0.05) is 0 Å². The van der Waals surface area contributed by atoms with Gasteiger partial charge in [-0.15, -0.1) is 0 Å². The number of likely N-dealkylation sites (N-methyl/N-ethyl adjacent to an activating group) is 1. The standard InChI is InChI=1S/C9H15F3N2O3/c1-8(2,6(15)16)14(4)7(17)13(3)5-9(10,11)12/h5H2,1-4H3,(H,15,16). The Bertz CT molecular complexity index is 315. The molecule has 0 aliphatic rings. The SMILES string of the molecule is CN(CC(F)(F)F)C(=O)N(C)C(C)(C)C(=O)O. The quantitative estimate of drug-likeness (QED) is 0.830. The molecule has 0 aromatic heterocycles. The van der Waals surface area contributed by atoms with Gasteiger partial charge < -0.3 is 14.9 Å². The van der Waals surface area contributed by atoms with E-state index in [2.05, 4.69) is 0 Å². The fourth-order valence-electron chi connectivity index (χ4n) is 0.975. The largest absolute Gasteiger partial charge is 0.480 e. The van der Waals surface area contributed by atoms with Crippen LogP contribution in [-0.2, 0) is 4.79 Å². The molecule has 0 unspecified atom stereocenters. The number of nitrogens with zero attached hydrogens (tertiary/aromatic N) is 2. The third kappa shape index (κ3) is 4.12. The molecule has 0 saturated carbocycles. The van der Waals surface area contributed by atoms with E-state index in [0.717, 1.165) is 19.0 Å². The molecule has 17 heavy (non-hydrogen) atoms. The highest BCUT2D eigenvalue weighted by Crippen LogP contribution is 2.19. The fraction of sp³-hybridized carbons (Fsp3) is 0.778. The zero-order valence-electron chi connectivity index (χ0n) is 10.00. The van der Waals surface area contributed by atoms with Gasteiger partial charge in [0.05, 0.1) is 0 Å². The van der Waals surface area contributed by atoms with Gasteiger partial charge in [0.15, 0.2) is 0 Å². The summed E-state index contributed by atoms with van der Waals surface area (Å²) in [5, 5.41) is 8.84. The highest BCUT2D eigenvalue weighted by molar-refractivity contribution is 5.85. The zero-order valence-corrected chi connectivity index (χ0v) is 10.00. The Hall–Kier alpha value is -1.47. The highest BCUT2D eigenvalue weighted by Gasteiger charge is 2.39. The van der Waals surface area contributed by atoms with Crippen LogP contribution >= 0.6 is 0 Å². The van der Waals surface area contributed by atoms with Crippen molar-refractivity contribution >= 4 is 12.0 Å². The topological polar surface area (TPSA) is 60.9 Å². The molecule has 0 aromatic carbocycles. The van der Waals surface area contributed by atoms with E-state index in [9.17, 15) is 22.8 Å². The maximum absolute atomic E-state index is 12.1. The van der Waals surface area contributed by atoms with Crippen LogP contribution in [0, 0.1) is 0 Å². The number of urea groups is 1. The lowest BCUT2D eigenvalue weighted by atomic mass is 10.0. The van der Waals surface area contributed by atoms with Crippen molar-refractivity contribution in [3.05, 3.63) is 0 Å². The van der Waals surface area contributed by atoms with E-state index in [1.54, 1.807) is 0 Å². The number of hydrogen-bond donors (Lipinski definition) is 1. The van der Waals surface area contributed by atoms with Crippen LogP contribution < -0.4 is 0 Å². The molecule has 0 radical (unpaired) electrons. The van der Waals surface area contributed by atoms with Gasteiger partial charge in [0.25, 0.3) is 0 Å². The Labute approximate surface area is 96.8 Å². The molecule has 0 rings (SSSR count). The third-order valence-electron chi connectivity index (χ3n) is 2.39. The first kappa shape index (κ1) is 15.5. The summed E-state index contributed by atoms with van der Waals surface area (Å²) in [6.45, 7) is 1.04. The lowest BCUT2D eigenvalue weighted by Crippen LogP contribution is -2.55. The van der Waals surface area contributed by atoms with Crippen LogP contribution in [-0.4, -0.2) is 59.3 Å². The number of carbonyl (C=O) groups excluding carboxylic acids is 1. The maximum atomic E-state index is 12.1. The van der Waals surface area contributed by atoms with Crippen molar-refractivity contribution in [1.29, 1.82) is 0 Å². The molecule has 1 N–H and O–H groups in total. The minimum Gasteiger partial charge on any atom is -0.480 e. The predicted molar refractivity (Wildman–Crippen MR) is 53.6 cm³/mol. The molecule has 5 nitrogen and oxygen atoms in total. The van der Waals surface area contributed by atoms with E-state index in [1.807, 2.05) is 0 Å². The number of halogens is 3. The fourth-order valence-corrected chi connectivity index (χ4v) is 0.975. The zero-order chi connectivity index (χ0) is 14.0. The first-order valence-corrected chi connectivity index (χ1v) is 4.68. The van der Waals surface area contributed by atoms with Crippen LogP contribution in [0.1, 0.15) is 13.8 Å². The van der Waals surface area contributed by atoms with E-state index >= 15 is 0 Å². The Morgan fingerprint density at radius 2 is 1.59 bits per heavy atom. The Morgan fingerprint density at radius 1 is 1.18 bits per heavy atom. The van der Waals surface area contributed by atoms with Crippen LogP contribution in [0.2, 0.25) is 0 Å². The van der Waals surface area contributed by atoms with Crippen LogP contribution in [0.3, 0.4) is 0 Å². The summed E-state index contributed by atoms with van der Waals surface area (Å²) in [6, 6.07) is -1.00. The minimum atomic E-state index is -4.52. The smallest absolute Gasteiger partial charge is 0.406 e. The Kier molecular flexibility index (Phi) is 4.39. The van der Waals surface area contributed by atoms with E-state index in [0.29, 0.717) is 4.90 Å². The average Bonchev–Trinajstić information content (AvgIpc) is 2.12. The number of carboxylic acid groups (broad SMARTS) is 1. The summed E-state index contributed by atoms with van der Waals surface area (Å²) in [7, 11) is 2.10. The summed E-state index contributed by atoms with van der Waals surface area (Å²) >= 11 is 0. The van der Waals surface area contributed by atoms with E-state index in [-0.39, 0.29) is 0 Å². The highest BCUT2D eigenvalue weighted by atomic mass is 19.4. The van der Waals surface area contributed by atoms with Crippen LogP contribution in [0.15, 0.2) is 0 Å². The van der Waals surface area contributed by atoms with Crippen molar-refractivity contribution in [3.8, 4) is 0 Å². The number of carboxylic acids is 1. The lowest BCUT2D eigenvalue weighted by Gasteiger charge is -2.34. The molecule has 0 bridgehead atoms. The molecule has 0 fully saturated rings. The van der Waals surface area contributed by atoms with Crippen molar-refractivity contribution in [2.75, 3.05) is 20.6 Å². The second kappa shape index (κ2) is 4.80. The predicted octanol–water partition coefficient (Wildman–Crippen LogP) is 1.40. The molecular weight excluding hydrogens is 241 g/mol. The van der Waals surface area contributed by atoms with Crippen LogP contribution in [0.25, 0.3) is 0 Å². The number of hydrogen-bond acceptors (Lipinski definition) is 2. The summed E-state index contributed by atoms with van der Waals surface area (Å²) in [5.74, 6) is -1.30. The van der Waals surface area contributed by atoms with Crippen molar-refractivity contribution in [1.82, 2.24) is 9.80 Å². The number of carbonyl (C=O) groups is 2. The van der Waals surface area contributed by atoms with Gasteiger partial charge in [-0.2, -0.15) is 13.2 Å². The monoisotopic (exact) mass is 256 g/mol. The molecule has 100 valence electrons. The minimum absolute atomic E-state index is 0.421. The average molecular weight is 256 g/mol. The second-order valence-electron chi connectivity index (χ2n) is 4.18. The van der Waals surface area contributed by atoms with E-state index < -0.39 is 30.3 Å². The molecule has 2 amide bonds. The number of rotatable bonds is 3. The van der Waals surface area contributed by atoms with Crippen LogP contribution in [0.4, 0.5) is 18.0 Å². The van der Waals surface area contributed by atoms with E-state index in [1.165, 1.54) is 13.8 Å². The van der Waals surface area contributed by atoms with Crippen molar-refractivity contribution in [3.63, 3.8) is 0 Å². The van der Waals surface area contributed by atoms with Gasteiger partial charge in [-0.05, 0) is 13.8 Å². The molecule has 0 saturated heterocycles. The molecular formula is C9H15F3N2O3. The number of aliphatic carboxylic acids is 1. The van der Waals surface area contributed by atoms with Crippen molar-refractivity contribution in [2.24, 2.45) is 0 Å².